The Hall–Kier alpha value is -3.92. The molecule has 4 nitrogen and oxygen atoms in total. The van der Waals surface area contributed by atoms with Crippen LogP contribution in [0.2, 0.25) is 0 Å². The summed E-state index contributed by atoms with van der Waals surface area (Å²) in [6, 6.07) is 25.6. The van der Waals surface area contributed by atoms with Gasteiger partial charge in [-0.1, -0.05) is 60.2 Å². The summed E-state index contributed by atoms with van der Waals surface area (Å²) in [5.41, 5.74) is 6.86. The molecule has 154 valence electrons. The maximum absolute atomic E-state index is 11.7. The molecular formula is C27H23NO3. The first kappa shape index (κ1) is 20.4. The van der Waals surface area contributed by atoms with Gasteiger partial charge in [0.15, 0.2) is 0 Å². The van der Waals surface area contributed by atoms with Crippen molar-refractivity contribution in [2.75, 3.05) is 7.11 Å². The number of ether oxygens (including phenoxy) is 1. The van der Waals surface area contributed by atoms with E-state index in [4.69, 9.17) is 9.72 Å². The van der Waals surface area contributed by atoms with Crippen LogP contribution in [0.5, 0.6) is 5.75 Å². The predicted octanol–water partition coefficient (Wildman–Crippen LogP) is 6.02. The van der Waals surface area contributed by atoms with Gasteiger partial charge in [-0.25, -0.2) is 4.79 Å². The molecular weight excluding hydrogens is 386 g/mol. The second-order valence-corrected chi connectivity index (χ2v) is 7.48. The van der Waals surface area contributed by atoms with Gasteiger partial charge in [0.05, 0.1) is 18.4 Å². The number of methoxy groups -OCH3 is 1. The lowest BCUT2D eigenvalue weighted by Gasteiger charge is -2.13. The molecule has 0 saturated carbocycles. The van der Waals surface area contributed by atoms with E-state index in [2.05, 4.69) is 18.2 Å². The topological polar surface area (TPSA) is 59.4 Å². The molecule has 0 amide bonds. The molecule has 0 spiro atoms. The van der Waals surface area contributed by atoms with Crippen LogP contribution in [0.15, 0.2) is 85.1 Å². The standard InChI is InChI=1S/C27H23NO3/c1-18-11-12-21(25(13-18)27(29)30)14-19-15-24(20-7-4-3-5-8-20)26(28-17-19)22-9-6-10-23(16-22)31-2/h3-13,15-17H,14H2,1-2H3,(H,29,30). The number of aryl methyl sites for hydroxylation is 1. The third-order valence-electron chi connectivity index (χ3n) is 5.26. The van der Waals surface area contributed by atoms with Crippen molar-refractivity contribution in [1.82, 2.24) is 4.98 Å². The molecule has 1 N–H and O–H groups in total. The molecule has 0 aliphatic heterocycles. The van der Waals surface area contributed by atoms with Gasteiger partial charge in [0.25, 0.3) is 0 Å². The van der Waals surface area contributed by atoms with E-state index in [1.807, 2.05) is 67.7 Å². The monoisotopic (exact) mass is 409 g/mol. The van der Waals surface area contributed by atoms with Gasteiger partial charge in [-0.15, -0.1) is 0 Å². The number of benzene rings is 3. The molecule has 0 atom stereocenters. The molecule has 0 unspecified atom stereocenters. The van der Waals surface area contributed by atoms with Crippen molar-refractivity contribution in [3.8, 4) is 28.1 Å². The number of nitrogens with zero attached hydrogens (tertiary/aromatic N) is 1. The largest absolute Gasteiger partial charge is 0.497 e. The normalized spacial score (nSPS) is 10.6. The van der Waals surface area contributed by atoms with Crippen LogP contribution < -0.4 is 4.74 Å². The summed E-state index contributed by atoms with van der Waals surface area (Å²) in [5.74, 6) is -0.143. The molecule has 4 heteroatoms. The van der Waals surface area contributed by atoms with E-state index in [-0.39, 0.29) is 0 Å². The maximum Gasteiger partial charge on any atom is 0.335 e. The second-order valence-electron chi connectivity index (χ2n) is 7.48. The van der Waals surface area contributed by atoms with Gasteiger partial charge in [0.1, 0.15) is 5.75 Å². The average Bonchev–Trinajstić information content (AvgIpc) is 2.80. The minimum atomic E-state index is -0.914. The van der Waals surface area contributed by atoms with Crippen molar-refractivity contribution in [3.63, 3.8) is 0 Å². The van der Waals surface area contributed by atoms with Crippen molar-refractivity contribution in [2.24, 2.45) is 0 Å². The van der Waals surface area contributed by atoms with Crippen LogP contribution in [-0.2, 0) is 6.42 Å². The molecule has 4 aromatic rings. The fourth-order valence-corrected chi connectivity index (χ4v) is 3.71. The molecule has 0 saturated heterocycles. The zero-order chi connectivity index (χ0) is 21.8. The molecule has 3 aromatic carbocycles. The minimum absolute atomic E-state index is 0.332. The fourth-order valence-electron chi connectivity index (χ4n) is 3.71. The Morgan fingerprint density at radius 3 is 2.45 bits per heavy atom. The molecule has 1 heterocycles. The number of aromatic nitrogens is 1. The van der Waals surface area contributed by atoms with Crippen LogP contribution in [-0.4, -0.2) is 23.2 Å². The number of carbonyl (C=O) groups is 1. The Morgan fingerprint density at radius 2 is 1.71 bits per heavy atom. The summed E-state index contributed by atoms with van der Waals surface area (Å²) in [6.07, 6.45) is 2.32. The van der Waals surface area contributed by atoms with E-state index < -0.39 is 5.97 Å². The smallest absolute Gasteiger partial charge is 0.335 e. The van der Waals surface area contributed by atoms with Crippen LogP contribution in [0.4, 0.5) is 0 Å². The Labute approximate surface area is 181 Å². The highest BCUT2D eigenvalue weighted by atomic mass is 16.5. The second kappa shape index (κ2) is 8.84. The first-order chi connectivity index (χ1) is 15.0. The highest BCUT2D eigenvalue weighted by molar-refractivity contribution is 5.90. The van der Waals surface area contributed by atoms with Gasteiger partial charge in [-0.2, -0.15) is 0 Å². The number of rotatable bonds is 6. The van der Waals surface area contributed by atoms with Crippen LogP contribution >= 0.6 is 0 Å². The van der Waals surface area contributed by atoms with Crippen molar-refractivity contribution >= 4 is 5.97 Å². The molecule has 31 heavy (non-hydrogen) atoms. The Kier molecular flexibility index (Phi) is 5.80. The summed E-state index contributed by atoms with van der Waals surface area (Å²) in [6.45, 7) is 1.90. The SMILES string of the molecule is COc1cccc(-c2ncc(Cc3ccc(C)cc3C(=O)O)cc2-c2ccccc2)c1. The van der Waals surface area contributed by atoms with E-state index in [1.165, 1.54) is 0 Å². The average molecular weight is 409 g/mol. The minimum Gasteiger partial charge on any atom is -0.497 e. The van der Waals surface area contributed by atoms with Gasteiger partial charge < -0.3 is 9.84 Å². The van der Waals surface area contributed by atoms with Gasteiger partial charge in [-0.3, -0.25) is 4.98 Å². The van der Waals surface area contributed by atoms with Gasteiger partial charge in [-0.05, 0) is 54.3 Å². The number of hydrogen-bond acceptors (Lipinski definition) is 3. The third kappa shape index (κ3) is 4.48. The van der Waals surface area contributed by atoms with Crippen LogP contribution in [0.3, 0.4) is 0 Å². The summed E-state index contributed by atoms with van der Waals surface area (Å²) >= 11 is 0. The van der Waals surface area contributed by atoms with Crippen molar-refractivity contribution < 1.29 is 14.6 Å². The lowest BCUT2D eigenvalue weighted by molar-refractivity contribution is 0.0695. The Bertz CT molecular complexity index is 1230. The predicted molar refractivity (Wildman–Crippen MR) is 123 cm³/mol. The van der Waals surface area contributed by atoms with Gasteiger partial charge in [0, 0.05) is 17.3 Å². The van der Waals surface area contributed by atoms with Gasteiger partial charge >= 0.3 is 5.97 Å². The zero-order valence-electron chi connectivity index (χ0n) is 17.5. The third-order valence-corrected chi connectivity index (χ3v) is 5.26. The number of pyridine rings is 1. The zero-order valence-corrected chi connectivity index (χ0v) is 17.5. The van der Waals surface area contributed by atoms with Crippen molar-refractivity contribution in [2.45, 2.75) is 13.3 Å². The van der Waals surface area contributed by atoms with Crippen LogP contribution in [0.25, 0.3) is 22.4 Å². The molecule has 0 aliphatic rings. The number of carboxylic acid groups (broad SMARTS) is 1. The highest BCUT2D eigenvalue weighted by Crippen LogP contribution is 2.33. The van der Waals surface area contributed by atoms with Crippen molar-refractivity contribution in [3.05, 3.63) is 107 Å². The van der Waals surface area contributed by atoms with Crippen LogP contribution in [0, 0.1) is 6.92 Å². The first-order valence-electron chi connectivity index (χ1n) is 10.1. The molecule has 4 rings (SSSR count). The molecule has 0 bridgehead atoms. The summed E-state index contributed by atoms with van der Waals surface area (Å²) in [4.78, 5) is 16.5. The molecule has 0 fully saturated rings. The van der Waals surface area contributed by atoms with Crippen LogP contribution in [0.1, 0.15) is 27.0 Å². The Morgan fingerprint density at radius 1 is 0.935 bits per heavy atom. The highest BCUT2D eigenvalue weighted by Gasteiger charge is 2.14. The first-order valence-corrected chi connectivity index (χ1v) is 10.1. The maximum atomic E-state index is 11.7. The molecule has 1 aromatic heterocycles. The van der Waals surface area contributed by atoms with Crippen molar-refractivity contribution in [1.29, 1.82) is 0 Å². The van der Waals surface area contributed by atoms with E-state index >= 15 is 0 Å². The number of aromatic carboxylic acids is 1. The number of hydrogen-bond donors (Lipinski definition) is 1. The van der Waals surface area contributed by atoms with E-state index in [0.29, 0.717) is 12.0 Å². The Balaban J connectivity index is 1.81. The lowest BCUT2D eigenvalue weighted by Crippen LogP contribution is -2.04. The lowest BCUT2D eigenvalue weighted by atomic mass is 9.94. The van der Waals surface area contributed by atoms with E-state index in [1.54, 1.807) is 13.2 Å². The summed E-state index contributed by atoms with van der Waals surface area (Å²) in [7, 11) is 1.65. The fraction of sp³-hybridized carbons (Fsp3) is 0.111. The van der Waals surface area contributed by atoms with Gasteiger partial charge in [0.2, 0.25) is 0 Å². The van der Waals surface area contributed by atoms with E-state index in [9.17, 15) is 9.90 Å². The quantitative estimate of drug-likeness (QED) is 0.423. The molecule has 0 radical (unpaired) electrons. The summed E-state index contributed by atoms with van der Waals surface area (Å²) < 4.78 is 5.39. The molecule has 0 aliphatic carbocycles. The number of carboxylic acids is 1. The summed E-state index contributed by atoms with van der Waals surface area (Å²) in [5, 5.41) is 9.62. The van der Waals surface area contributed by atoms with E-state index in [0.717, 1.165) is 44.8 Å².